The maximum Gasteiger partial charge on any atom is 0.246 e. The van der Waals surface area contributed by atoms with Gasteiger partial charge in [-0.05, 0) is 37.1 Å². The van der Waals surface area contributed by atoms with Crippen LogP contribution in [0.15, 0.2) is 54.6 Å². The molecule has 0 bridgehead atoms. The Hall–Kier alpha value is -2.34. The average Bonchev–Trinajstić information content (AvgIpc) is 2.95. The Labute approximate surface area is 148 Å². The van der Waals surface area contributed by atoms with Crippen molar-refractivity contribution in [1.29, 1.82) is 0 Å². The molecule has 0 aromatic heterocycles. The van der Waals surface area contributed by atoms with E-state index in [1.165, 1.54) is 0 Å². The van der Waals surface area contributed by atoms with E-state index in [0.717, 1.165) is 16.9 Å². The molecule has 1 aliphatic heterocycles. The standard InChI is InChI=1S/C19H22N2O3S/c1-15-7-5-6-10-18(15)20-13-19(22)21(16-8-3-2-4-9-16)17-11-12-25(23,24)14-17/h2-10,17,20H,11-14H2,1H3/t17-/m1/s1. The molecule has 5 nitrogen and oxygen atoms in total. The predicted octanol–water partition coefficient (Wildman–Crippen LogP) is 2.63. The van der Waals surface area contributed by atoms with Gasteiger partial charge in [0.25, 0.3) is 0 Å². The molecular formula is C19H22N2O3S. The number of para-hydroxylation sites is 2. The van der Waals surface area contributed by atoms with E-state index in [9.17, 15) is 13.2 Å². The molecule has 1 aliphatic rings. The van der Waals surface area contributed by atoms with Gasteiger partial charge < -0.3 is 10.2 Å². The first-order chi connectivity index (χ1) is 12.0. The van der Waals surface area contributed by atoms with E-state index in [4.69, 9.17) is 0 Å². The zero-order chi connectivity index (χ0) is 17.9. The Balaban J connectivity index is 1.79. The van der Waals surface area contributed by atoms with Gasteiger partial charge in [-0.25, -0.2) is 8.42 Å². The van der Waals surface area contributed by atoms with Gasteiger partial charge in [0.05, 0.1) is 24.1 Å². The molecule has 2 aromatic carbocycles. The number of rotatable bonds is 5. The van der Waals surface area contributed by atoms with Crippen molar-refractivity contribution in [2.75, 3.05) is 28.3 Å². The Morgan fingerprint density at radius 3 is 2.44 bits per heavy atom. The zero-order valence-electron chi connectivity index (χ0n) is 14.2. The molecule has 0 radical (unpaired) electrons. The van der Waals surface area contributed by atoms with E-state index < -0.39 is 9.84 Å². The normalized spacial score (nSPS) is 18.7. The second-order valence-electron chi connectivity index (χ2n) is 6.32. The lowest BCUT2D eigenvalue weighted by Crippen LogP contribution is -2.44. The van der Waals surface area contributed by atoms with Crippen LogP contribution in [0.3, 0.4) is 0 Å². The minimum Gasteiger partial charge on any atom is -0.376 e. The highest BCUT2D eigenvalue weighted by atomic mass is 32.2. The molecule has 2 aromatic rings. The van der Waals surface area contributed by atoms with Gasteiger partial charge in [-0.15, -0.1) is 0 Å². The molecule has 0 unspecified atom stereocenters. The van der Waals surface area contributed by atoms with Crippen molar-refractivity contribution in [3.05, 3.63) is 60.2 Å². The number of sulfone groups is 1. The maximum absolute atomic E-state index is 12.9. The van der Waals surface area contributed by atoms with Crippen LogP contribution >= 0.6 is 0 Å². The first kappa shape index (κ1) is 17.5. The summed E-state index contributed by atoms with van der Waals surface area (Å²) in [5.74, 6) is 0.0360. The Bertz CT molecular complexity index is 850. The maximum atomic E-state index is 12.9. The Morgan fingerprint density at radius 2 is 1.80 bits per heavy atom. The number of anilines is 2. The van der Waals surface area contributed by atoms with E-state index in [1.807, 2.05) is 61.5 Å². The van der Waals surface area contributed by atoms with Crippen LogP contribution in [-0.4, -0.2) is 38.4 Å². The van der Waals surface area contributed by atoms with E-state index >= 15 is 0 Å². The summed E-state index contributed by atoms with van der Waals surface area (Å²) in [7, 11) is -3.07. The molecule has 1 N–H and O–H groups in total. The van der Waals surface area contributed by atoms with Crippen molar-refractivity contribution in [3.8, 4) is 0 Å². The lowest BCUT2D eigenvalue weighted by atomic mass is 10.1. The van der Waals surface area contributed by atoms with E-state index in [0.29, 0.717) is 6.42 Å². The summed E-state index contributed by atoms with van der Waals surface area (Å²) in [6, 6.07) is 16.7. The number of hydrogen-bond acceptors (Lipinski definition) is 4. The SMILES string of the molecule is Cc1ccccc1NCC(=O)N(c1ccccc1)[C@@H]1CCS(=O)(=O)C1. The number of carbonyl (C=O) groups excluding carboxylic acids is 1. The highest BCUT2D eigenvalue weighted by Gasteiger charge is 2.35. The number of nitrogens with zero attached hydrogens (tertiary/aromatic N) is 1. The third kappa shape index (κ3) is 4.20. The van der Waals surface area contributed by atoms with Crippen LogP contribution in [0.1, 0.15) is 12.0 Å². The van der Waals surface area contributed by atoms with Gasteiger partial charge in [0.15, 0.2) is 9.84 Å². The fraction of sp³-hybridized carbons (Fsp3) is 0.316. The topological polar surface area (TPSA) is 66.5 Å². The predicted molar refractivity (Wildman–Crippen MR) is 101 cm³/mol. The molecule has 1 atom stereocenters. The zero-order valence-corrected chi connectivity index (χ0v) is 15.0. The van der Waals surface area contributed by atoms with Crippen molar-refractivity contribution in [2.45, 2.75) is 19.4 Å². The first-order valence-electron chi connectivity index (χ1n) is 8.33. The van der Waals surface area contributed by atoms with E-state index in [-0.39, 0.29) is 30.0 Å². The number of aryl methyl sites for hydroxylation is 1. The monoisotopic (exact) mass is 358 g/mol. The lowest BCUT2D eigenvalue weighted by molar-refractivity contribution is -0.117. The molecule has 25 heavy (non-hydrogen) atoms. The van der Waals surface area contributed by atoms with Crippen LogP contribution in [0.25, 0.3) is 0 Å². The number of amides is 1. The van der Waals surface area contributed by atoms with Crippen LogP contribution < -0.4 is 10.2 Å². The van der Waals surface area contributed by atoms with Crippen LogP contribution in [0.4, 0.5) is 11.4 Å². The highest BCUT2D eigenvalue weighted by molar-refractivity contribution is 7.91. The second-order valence-corrected chi connectivity index (χ2v) is 8.55. The Morgan fingerprint density at radius 1 is 1.12 bits per heavy atom. The molecule has 1 heterocycles. The van der Waals surface area contributed by atoms with Gasteiger partial charge in [0, 0.05) is 11.4 Å². The fourth-order valence-electron chi connectivity index (χ4n) is 3.15. The second kappa shape index (κ2) is 7.27. The quantitative estimate of drug-likeness (QED) is 0.892. The molecule has 1 saturated heterocycles. The number of hydrogen-bond donors (Lipinski definition) is 1. The molecule has 132 valence electrons. The molecule has 6 heteroatoms. The molecule has 1 fully saturated rings. The average molecular weight is 358 g/mol. The molecule has 1 amide bonds. The molecule has 0 saturated carbocycles. The molecular weight excluding hydrogens is 336 g/mol. The van der Waals surface area contributed by atoms with Gasteiger partial charge in [-0.3, -0.25) is 4.79 Å². The third-order valence-corrected chi connectivity index (χ3v) is 6.20. The van der Waals surface area contributed by atoms with Gasteiger partial charge in [0.2, 0.25) is 5.91 Å². The van der Waals surface area contributed by atoms with Gasteiger partial charge in [0.1, 0.15) is 0 Å². The summed E-state index contributed by atoms with van der Waals surface area (Å²) in [6.45, 7) is 2.10. The minimum atomic E-state index is -3.07. The number of benzene rings is 2. The van der Waals surface area contributed by atoms with Crippen molar-refractivity contribution in [2.24, 2.45) is 0 Å². The fourth-order valence-corrected chi connectivity index (χ4v) is 4.85. The Kier molecular flexibility index (Phi) is 5.08. The van der Waals surface area contributed by atoms with E-state index in [1.54, 1.807) is 4.90 Å². The molecule has 3 rings (SSSR count). The summed E-state index contributed by atoms with van der Waals surface area (Å²) < 4.78 is 23.7. The van der Waals surface area contributed by atoms with Crippen molar-refractivity contribution >= 4 is 27.1 Å². The van der Waals surface area contributed by atoms with Crippen LogP contribution in [0, 0.1) is 6.92 Å². The number of nitrogens with one attached hydrogen (secondary N) is 1. The number of carbonyl (C=O) groups is 1. The van der Waals surface area contributed by atoms with E-state index in [2.05, 4.69) is 5.32 Å². The first-order valence-corrected chi connectivity index (χ1v) is 10.2. The largest absolute Gasteiger partial charge is 0.376 e. The molecule has 0 spiro atoms. The minimum absolute atomic E-state index is 0.0258. The summed E-state index contributed by atoms with van der Waals surface area (Å²) in [4.78, 5) is 14.5. The van der Waals surface area contributed by atoms with Gasteiger partial charge in [-0.2, -0.15) is 0 Å². The van der Waals surface area contributed by atoms with Crippen molar-refractivity contribution < 1.29 is 13.2 Å². The summed E-state index contributed by atoms with van der Waals surface area (Å²) in [5.41, 5.74) is 2.70. The summed E-state index contributed by atoms with van der Waals surface area (Å²) >= 11 is 0. The highest BCUT2D eigenvalue weighted by Crippen LogP contribution is 2.25. The van der Waals surface area contributed by atoms with Gasteiger partial charge in [-0.1, -0.05) is 36.4 Å². The van der Waals surface area contributed by atoms with Crippen molar-refractivity contribution in [1.82, 2.24) is 0 Å². The van der Waals surface area contributed by atoms with Crippen LogP contribution in [0.2, 0.25) is 0 Å². The van der Waals surface area contributed by atoms with Gasteiger partial charge >= 0.3 is 0 Å². The summed E-state index contributed by atoms with van der Waals surface area (Å²) in [5, 5.41) is 3.17. The smallest absolute Gasteiger partial charge is 0.246 e. The third-order valence-electron chi connectivity index (χ3n) is 4.45. The van der Waals surface area contributed by atoms with Crippen LogP contribution in [0.5, 0.6) is 0 Å². The summed E-state index contributed by atoms with van der Waals surface area (Å²) in [6.07, 6.45) is 0.479. The van der Waals surface area contributed by atoms with Crippen LogP contribution in [-0.2, 0) is 14.6 Å². The molecule has 0 aliphatic carbocycles. The van der Waals surface area contributed by atoms with Crippen molar-refractivity contribution in [3.63, 3.8) is 0 Å². The lowest BCUT2D eigenvalue weighted by Gasteiger charge is -2.28.